The Balaban J connectivity index is 1.26. The summed E-state index contributed by atoms with van der Waals surface area (Å²) in [5.74, 6) is -0.0542. The largest absolute Gasteiger partial charge is 0.371 e. The Labute approximate surface area is 193 Å². The van der Waals surface area contributed by atoms with Gasteiger partial charge in [0, 0.05) is 42.1 Å². The first-order chi connectivity index (χ1) is 15.5. The summed E-state index contributed by atoms with van der Waals surface area (Å²) in [5, 5.41) is 11.5. The Morgan fingerprint density at radius 1 is 1.19 bits per heavy atom. The second-order valence-electron chi connectivity index (χ2n) is 8.33. The van der Waals surface area contributed by atoms with Gasteiger partial charge in [-0.1, -0.05) is 34.0 Å². The third-order valence-electron chi connectivity index (χ3n) is 6.00. The third kappa shape index (κ3) is 5.66. The maximum atomic E-state index is 12.3. The Morgan fingerprint density at radius 2 is 1.94 bits per heavy atom. The average Bonchev–Trinajstić information content (AvgIpc) is 3.18. The summed E-state index contributed by atoms with van der Waals surface area (Å²) >= 11 is 6.00. The number of nitrogens with one attached hydrogen (secondary N) is 1. The van der Waals surface area contributed by atoms with Crippen molar-refractivity contribution in [2.45, 2.75) is 38.8 Å². The average molecular weight is 454 g/mol. The standard InChI is InChI=1S/C24H28ClN5O2/c1-17-23(28-32-27-17)16-29(2)21-10-12-30(13-11-21)22-8-6-20(7-9-22)26-24(31)15-18-4-3-5-19(25)14-18/h3-9,14,21H,10-13,15-16H2,1-2H3,(H,26,31). The van der Waals surface area contributed by atoms with E-state index < -0.39 is 0 Å². The van der Waals surface area contributed by atoms with E-state index in [0.717, 1.165) is 55.1 Å². The number of rotatable bonds is 7. The van der Waals surface area contributed by atoms with Crippen LogP contribution in [0.5, 0.6) is 0 Å². The fraction of sp³-hybridized carbons (Fsp3) is 0.375. The lowest BCUT2D eigenvalue weighted by Crippen LogP contribution is -2.43. The van der Waals surface area contributed by atoms with Gasteiger partial charge in [-0.2, -0.15) is 0 Å². The van der Waals surface area contributed by atoms with Gasteiger partial charge in [0.25, 0.3) is 0 Å². The molecule has 2 heterocycles. The summed E-state index contributed by atoms with van der Waals surface area (Å²) in [4.78, 5) is 17.1. The van der Waals surface area contributed by atoms with Crippen molar-refractivity contribution in [2.75, 3.05) is 30.4 Å². The highest BCUT2D eigenvalue weighted by atomic mass is 35.5. The molecule has 1 aliphatic rings. The molecule has 4 rings (SSSR count). The van der Waals surface area contributed by atoms with Gasteiger partial charge in [0.1, 0.15) is 11.4 Å². The summed E-state index contributed by atoms with van der Waals surface area (Å²) in [7, 11) is 2.13. The number of carbonyl (C=O) groups excluding carboxylic acids is 1. The molecule has 0 aliphatic carbocycles. The van der Waals surface area contributed by atoms with E-state index in [-0.39, 0.29) is 5.91 Å². The van der Waals surface area contributed by atoms with Gasteiger partial charge in [-0.25, -0.2) is 4.63 Å². The lowest BCUT2D eigenvalue weighted by Gasteiger charge is -2.37. The fourth-order valence-corrected chi connectivity index (χ4v) is 4.33. The number of aromatic nitrogens is 2. The summed E-state index contributed by atoms with van der Waals surface area (Å²) in [6, 6.07) is 16.0. The quantitative estimate of drug-likeness (QED) is 0.574. The molecule has 0 unspecified atom stereocenters. The Hall–Kier alpha value is -2.90. The van der Waals surface area contributed by atoms with Crippen molar-refractivity contribution < 1.29 is 9.42 Å². The number of halogens is 1. The summed E-state index contributed by atoms with van der Waals surface area (Å²) in [6.07, 6.45) is 2.46. The van der Waals surface area contributed by atoms with Crippen LogP contribution in [0.25, 0.3) is 0 Å². The van der Waals surface area contributed by atoms with Crippen LogP contribution >= 0.6 is 11.6 Å². The summed E-state index contributed by atoms with van der Waals surface area (Å²) in [5.41, 5.74) is 4.63. The molecule has 0 spiro atoms. The van der Waals surface area contributed by atoms with E-state index in [0.29, 0.717) is 17.5 Å². The normalized spacial score (nSPS) is 14.7. The van der Waals surface area contributed by atoms with Crippen molar-refractivity contribution in [1.82, 2.24) is 15.2 Å². The first kappa shape index (κ1) is 22.3. The fourth-order valence-electron chi connectivity index (χ4n) is 4.12. The number of aryl methyl sites for hydroxylation is 1. The highest BCUT2D eigenvalue weighted by Crippen LogP contribution is 2.24. The van der Waals surface area contributed by atoms with E-state index in [4.69, 9.17) is 16.2 Å². The second-order valence-corrected chi connectivity index (χ2v) is 8.77. The smallest absolute Gasteiger partial charge is 0.228 e. The zero-order chi connectivity index (χ0) is 22.5. The van der Waals surface area contributed by atoms with Crippen LogP contribution in [0.2, 0.25) is 5.02 Å². The lowest BCUT2D eigenvalue weighted by molar-refractivity contribution is -0.115. The monoisotopic (exact) mass is 453 g/mol. The van der Waals surface area contributed by atoms with Crippen molar-refractivity contribution in [2.24, 2.45) is 0 Å². The Morgan fingerprint density at radius 3 is 2.59 bits per heavy atom. The predicted molar refractivity (Wildman–Crippen MR) is 126 cm³/mol. The van der Waals surface area contributed by atoms with Crippen molar-refractivity contribution in [3.8, 4) is 0 Å². The Bertz CT molecular complexity index is 1040. The maximum absolute atomic E-state index is 12.3. The molecule has 0 bridgehead atoms. The van der Waals surface area contributed by atoms with Crippen molar-refractivity contribution in [3.63, 3.8) is 0 Å². The second kappa shape index (κ2) is 10.1. The third-order valence-corrected chi connectivity index (χ3v) is 6.24. The van der Waals surface area contributed by atoms with Gasteiger partial charge >= 0.3 is 0 Å². The number of anilines is 2. The van der Waals surface area contributed by atoms with Gasteiger partial charge in [-0.3, -0.25) is 9.69 Å². The zero-order valence-corrected chi connectivity index (χ0v) is 19.2. The van der Waals surface area contributed by atoms with Crippen LogP contribution in [-0.2, 0) is 17.8 Å². The predicted octanol–water partition coefficient (Wildman–Crippen LogP) is 4.31. The molecule has 0 saturated carbocycles. The molecule has 1 aliphatic heterocycles. The molecular formula is C24H28ClN5O2. The van der Waals surface area contributed by atoms with Crippen molar-refractivity contribution in [1.29, 1.82) is 0 Å². The number of hydrogen-bond donors (Lipinski definition) is 1. The minimum atomic E-state index is -0.0542. The number of benzene rings is 2. The number of carbonyl (C=O) groups is 1. The molecule has 32 heavy (non-hydrogen) atoms. The lowest BCUT2D eigenvalue weighted by atomic mass is 10.0. The molecule has 2 aromatic carbocycles. The highest BCUT2D eigenvalue weighted by Gasteiger charge is 2.24. The number of hydrogen-bond acceptors (Lipinski definition) is 6. The molecule has 1 amide bonds. The van der Waals surface area contributed by atoms with E-state index >= 15 is 0 Å². The SMILES string of the molecule is Cc1nonc1CN(C)C1CCN(c2ccc(NC(=O)Cc3cccc(Cl)c3)cc2)CC1. The van der Waals surface area contributed by atoms with Gasteiger partial charge in [0.05, 0.1) is 6.42 Å². The molecule has 1 aromatic heterocycles. The van der Waals surface area contributed by atoms with Crippen molar-refractivity contribution in [3.05, 3.63) is 70.5 Å². The van der Waals surface area contributed by atoms with Crippen LogP contribution in [0, 0.1) is 6.92 Å². The summed E-state index contributed by atoms with van der Waals surface area (Å²) < 4.78 is 4.81. The van der Waals surface area contributed by atoms with Gasteiger partial charge in [-0.15, -0.1) is 0 Å². The minimum Gasteiger partial charge on any atom is -0.371 e. The molecular weight excluding hydrogens is 426 g/mol. The molecule has 168 valence electrons. The number of nitrogens with zero attached hydrogens (tertiary/aromatic N) is 4. The molecule has 7 nitrogen and oxygen atoms in total. The van der Waals surface area contributed by atoms with Gasteiger partial charge in [0.15, 0.2) is 0 Å². The first-order valence-corrected chi connectivity index (χ1v) is 11.2. The van der Waals surface area contributed by atoms with Crippen LogP contribution in [0.1, 0.15) is 29.8 Å². The molecule has 1 N–H and O–H groups in total. The molecule has 1 saturated heterocycles. The molecule has 3 aromatic rings. The van der Waals surface area contributed by atoms with Gasteiger partial charge in [-0.05, 0) is 68.8 Å². The minimum absolute atomic E-state index is 0.0542. The topological polar surface area (TPSA) is 74.5 Å². The van der Waals surface area contributed by atoms with Crippen LogP contribution < -0.4 is 10.2 Å². The molecule has 0 atom stereocenters. The highest BCUT2D eigenvalue weighted by molar-refractivity contribution is 6.30. The first-order valence-electron chi connectivity index (χ1n) is 10.9. The van der Waals surface area contributed by atoms with Crippen LogP contribution in [-0.4, -0.2) is 47.3 Å². The maximum Gasteiger partial charge on any atom is 0.228 e. The summed E-state index contributed by atoms with van der Waals surface area (Å²) in [6.45, 7) is 4.66. The van der Waals surface area contributed by atoms with Crippen molar-refractivity contribution >= 4 is 28.9 Å². The van der Waals surface area contributed by atoms with E-state index in [2.05, 4.69) is 44.6 Å². The molecule has 1 fully saturated rings. The number of piperidine rings is 1. The van der Waals surface area contributed by atoms with E-state index in [1.807, 2.05) is 37.3 Å². The molecule has 8 heteroatoms. The zero-order valence-electron chi connectivity index (χ0n) is 18.4. The van der Waals surface area contributed by atoms with E-state index in [1.165, 1.54) is 5.69 Å². The number of amides is 1. The van der Waals surface area contributed by atoms with Gasteiger partial charge in [0.2, 0.25) is 5.91 Å². The van der Waals surface area contributed by atoms with Crippen LogP contribution in [0.3, 0.4) is 0 Å². The van der Waals surface area contributed by atoms with Crippen LogP contribution in [0.4, 0.5) is 11.4 Å². The van der Waals surface area contributed by atoms with E-state index in [1.54, 1.807) is 6.07 Å². The van der Waals surface area contributed by atoms with E-state index in [9.17, 15) is 4.79 Å². The van der Waals surface area contributed by atoms with Gasteiger partial charge < -0.3 is 10.2 Å². The molecule has 0 radical (unpaired) electrons. The van der Waals surface area contributed by atoms with Crippen LogP contribution in [0.15, 0.2) is 53.2 Å². The Kier molecular flexibility index (Phi) is 7.07.